The first kappa shape index (κ1) is 22.2. The van der Waals surface area contributed by atoms with E-state index in [9.17, 15) is 22.8 Å². The number of nitrogens with zero attached hydrogens (tertiary/aromatic N) is 1. The van der Waals surface area contributed by atoms with Crippen LogP contribution in [-0.2, 0) is 30.4 Å². The Morgan fingerprint density at radius 2 is 1.84 bits per heavy atom. The van der Waals surface area contributed by atoms with Crippen LogP contribution < -0.4 is 5.32 Å². The third-order valence-corrected chi connectivity index (χ3v) is 7.20. The third kappa shape index (κ3) is 4.31. The van der Waals surface area contributed by atoms with Gasteiger partial charge in [0.15, 0.2) is 0 Å². The molecule has 9 heteroatoms. The van der Waals surface area contributed by atoms with Gasteiger partial charge in [0, 0.05) is 24.4 Å². The van der Waals surface area contributed by atoms with Crippen LogP contribution in [0.3, 0.4) is 0 Å². The lowest BCUT2D eigenvalue weighted by atomic mass is 9.98. The second kappa shape index (κ2) is 8.48. The predicted octanol–water partition coefficient (Wildman–Crippen LogP) is 2.27. The molecule has 2 atom stereocenters. The van der Waals surface area contributed by atoms with Gasteiger partial charge in [-0.05, 0) is 42.7 Å². The van der Waals surface area contributed by atoms with E-state index < -0.39 is 22.1 Å². The van der Waals surface area contributed by atoms with Gasteiger partial charge >= 0.3 is 0 Å². The van der Waals surface area contributed by atoms with Gasteiger partial charge < -0.3 is 4.90 Å². The van der Waals surface area contributed by atoms with Gasteiger partial charge in [-0.1, -0.05) is 36.8 Å². The molecule has 32 heavy (non-hydrogen) atoms. The van der Waals surface area contributed by atoms with Gasteiger partial charge in [0.25, 0.3) is 16.0 Å². The van der Waals surface area contributed by atoms with Gasteiger partial charge in [-0.2, -0.15) is 8.42 Å². The van der Waals surface area contributed by atoms with E-state index in [2.05, 4.69) is 5.32 Å². The zero-order chi connectivity index (χ0) is 23.0. The summed E-state index contributed by atoms with van der Waals surface area (Å²) >= 11 is 0. The fourth-order valence-corrected chi connectivity index (χ4v) is 4.93. The maximum absolute atomic E-state index is 13.0. The van der Waals surface area contributed by atoms with Crippen LogP contribution in [0.25, 0.3) is 0 Å². The number of nitrogens with one attached hydrogen (secondary N) is 1. The highest BCUT2D eigenvalue weighted by Gasteiger charge is 2.39. The lowest BCUT2D eigenvalue weighted by molar-refractivity contribution is -0.136. The van der Waals surface area contributed by atoms with Crippen molar-refractivity contribution < 1.29 is 27.0 Å². The van der Waals surface area contributed by atoms with Crippen LogP contribution in [-0.4, -0.2) is 43.7 Å². The van der Waals surface area contributed by atoms with Gasteiger partial charge in [-0.3, -0.25) is 23.9 Å². The van der Waals surface area contributed by atoms with E-state index >= 15 is 0 Å². The van der Waals surface area contributed by atoms with Crippen LogP contribution in [0.15, 0.2) is 47.4 Å². The molecule has 0 aliphatic carbocycles. The number of piperidine rings is 1. The fourth-order valence-electron chi connectivity index (χ4n) is 3.94. The van der Waals surface area contributed by atoms with Crippen LogP contribution in [0.5, 0.6) is 0 Å². The Kier molecular flexibility index (Phi) is 5.87. The average molecular weight is 457 g/mol. The smallest absolute Gasteiger partial charge is 0.296 e. The number of rotatable bonds is 6. The zero-order valence-corrected chi connectivity index (χ0v) is 18.6. The van der Waals surface area contributed by atoms with Crippen LogP contribution in [0, 0.1) is 6.92 Å². The molecule has 168 valence electrons. The van der Waals surface area contributed by atoms with Crippen molar-refractivity contribution in [1.29, 1.82) is 0 Å². The minimum Gasteiger partial charge on any atom is -0.322 e. The van der Waals surface area contributed by atoms with Crippen LogP contribution >= 0.6 is 0 Å². The molecule has 1 fully saturated rings. The van der Waals surface area contributed by atoms with Gasteiger partial charge in [0.2, 0.25) is 11.8 Å². The summed E-state index contributed by atoms with van der Waals surface area (Å²) < 4.78 is 30.1. The Morgan fingerprint density at radius 3 is 2.53 bits per heavy atom. The normalized spacial score (nSPS) is 19.6. The van der Waals surface area contributed by atoms with Gasteiger partial charge in [0.05, 0.1) is 11.5 Å². The molecule has 2 aromatic rings. The molecule has 2 unspecified atom stereocenters. The molecule has 2 aliphatic heterocycles. The average Bonchev–Trinajstić information content (AvgIpc) is 3.08. The molecular weight excluding hydrogens is 432 g/mol. The standard InChI is InChI=1S/C23H24N2O6S/c1-14-3-7-18(8-4-14)32(29,30)31-13-15(2)16-5-6-17-12-25(23(28)19(17)11-16)20-9-10-21(26)24-22(20)27/h3-8,11,15,20H,9-10,12-13H2,1-2H3,(H,24,26,27). The van der Waals surface area contributed by atoms with E-state index in [1.807, 2.05) is 26.0 Å². The minimum absolute atomic E-state index is 0.0694. The molecule has 4 rings (SSSR count). The van der Waals surface area contributed by atoms with Gasteiger partial charge in [0.1, 0.15) is 6.04 Å². The molecule has 2 aliphatic rings. The number of imide groups is 1. The molecule has 8 nitrogen and oxygen atoms in total. The largest absolute Gasteiger partial charge is 0.322 e. The second-order valence-corrected chi connectivity index (χ2v) is 9.88. The first-order chi connectivity index (χ1) is 15.2. The highest BCUT2D eigenvalue weighted by Crippen LogP contribution is 2.30. The van der Waals surface area contributed by atoms with E-state index in [1.165, 1.54) is 17.0 Å². The summed E-state index contributed by atoms with van der Waals surface area (Å²) in [7, 11) is -3.88. The number of hydrogen-bond acceptors (Lipinski definition) is 6. The molecule has 1 saturated heterocycles. The van der Waals surface area contributed by atoms with Crippen molar-refractivity contribution in [3.63, 3.8) is 0 Å². The van der Waals surface area contributed by atoms with Gasteiger partial charge in [-0.25, -0.2) is 0 Å². The quantitative estimate of drug-likeness (QED) is 0.528. The van der Waals surface area contributed by atoms with Crippen molar-refractivity contribution in [3.05, 3.63) is 64.7 Å². The summed E-state index contributed by atoms with van der Waals surface area (Å²) in [5, 5.41) is 2.29. The summed E-state index contributed by atoms with van der Waals surface area (Å²) in [5.41, 5.74) is 3.00. The monoisotopic (exact) mass is 456 g/mol. The van der Waals surface area contributed by atoms with E-state index in [0.29, 0.717) is 18.5 Å². The van der Waals surface area contributed by atoms with Gasteiger partial charge in [-0.15, -0.1) is 0 Å². The Labute approximate surface area is 186 Å². The van der Waals surface area contributed by atoms with E-state index in [0.717, 1.165) is 16.7 Å². The lowest BCUT2D eigenvalue weighted by Gasteiger charge is -2.29. The third-order valence-electron chi connectivity index (χ3n) is 5.90. The molecular formula is C23H24N2O6S. The van der Waals surface area contributed by atoms with Crippen molar-refractivity contribution in [2.75, 3.05) is 6.61 Å². The van der Waals surface area contributed by atoms with E-state index in [4.69, 9.17) is 4.18 Å². The first-order valence-electron chi connectivity index (χ1n) is 10.4. The Bertz CT molecular complexity index is 1190. The van der Waals surface area contributed by atoms with Crippen molar-refractivity contribution >= 4 is 27.8 Å². The molecule has 0 radical (unpaired) electrons. The summed E-state index contributed by atoms with van der Waals surface area (Å²) in [6, 6.07) is 11.2. The molecule has 3 amide bonds. The second-order valence-electron chi connectivity index (χ2n) is 8.27. The van der Waals surface area contributed by atoms with Crippen LogP contribution in [0.4, 0.5) is 0 Å². The summed E-state index contributed by atoms with van der Waals surface area (Å²) in [4.78, 5) is 38.1. The molecule has 1 N–H and O–H groups in total. The number of amides is 3. The number of hydrogen-bond donors (Lipinski definition) is 1. The lowest BCUT2D eigenvalue weighted by Crippen LogP contribution is -2.52. The number of benzene rings is 2. The number of carbonyl (C=O) groups is 3. The van der Waals surface area contributed by atoms with Crippen LogP contribution in [0.1, 0.15) is 52.7 Å². The molecule has 2 heterocycles. The van der Waals surface area contributed by atoms with E-state index in [1.54, 1.807) is 18.2 Å². The van der Waals surface area contributed by atoms with Crippen molar-refractivity contribution in [2.24, 2.45) is 0 Å². The summed E-state index contributed by atoms with van der Waals surface area (Å²) in [5.74, 6) is -1.33. The van der Waals surface area contributed by atoms with Crippen molar-refractivity contribution in [3.8, 4) is 0 Å². The highest BCUT2D eigenvalue weighted by atomic mass is 32.2. The summed E-state index contributed by atoms with van der Waals surface area (Å²) in [6.45, 7) is 3.92. The molecule has 0 bridgehead atoms. The molecule has 0 aromatic heterocycles. The maximum Gasteiger partial charge on any atom is 0.296 e. The highest BCUT2D eigenvalue weighted by molar-refractivity contribution is 7.86. The topological polar surface area (TPSA) is 110 Å². The molecule has 0 saturated carbocycles. The number of fused-ring (bicyclic) bond motifs is 1. The Hall–Kier alpha value is -3.04. The SMILES string of the molecule is Cc1ccc(S(=O)(=O)OCC(C)c2ccc3c(c2)C(=O)N(C2CCC(=O)NC2=O)C3)cc1. The summed E-state index contributed by atoms with van der Waals surface area (Å²) in [6.07, 6.45) is 0.504. The van der Waals surface area contributed by atoms with Crippen LogP contribution in [0.2, 0.25) is 0 Å². The maximum atomic E-state index is 13.0. The number of carbonyl (C=O) groups excluding carboxylic acids is 3. The Balaban J connectivity index is 1.45. The minimum atomic E-state index is -3.88. The zero-order valence-electron chi connectivity index (χ0n) is 17.8. The fraction of sp³-hybridized carbons (Fsp3) is 0.348. The van der Waals surface area contributed by atoms with Crippen molar-refractivity contribution in [2.45, 2.75) is 50.1 Å². The Morgan fingerprint density at radius 1 is 1.12 bits per heavy atom. The predicted molar refractivity (Wildman–Crippen MR) is 115 cm³/mol. The number of aryl methyl sites for hydroxylation is 1. The van der Waals surface area contributed by atoms with E-state index in [-0.39, 0.29) is 35.7 Å². The molecule has 0 spiro atoms. The first-order valence-corrected chi connectivity index (χ1v) is 11.8. The molecule has 2 aromatic carbocycles. The van der Waals surface area contributed by atoms with Crippen molar-refractivity contribution in [1.82, 2.24) is 10.2 Å².